The average molecular weight is 304 g/mol. The zero-order chi connectivity index (χ0) is 13.1. The normalized spacial score (nSPS) is 10.1. The number of rotatable bonds is 2. The molecule has 0 N–H and O–H groups in total. The lowest BCUT2D eigenvalue weighted by molar-refractivity contribution is 0.724. The summed E-state index contributed by atoms with van der Waals surface area (Å²) in [5.74, 6) is 0. The number of hydrogen-bond acceptors (Lipinski definition) is 3. The summed E-state index contributed by atoms with van der Waals surface area (Å²) in [6, 6.07) is 7.12. The molecule has 0 radical (unpaired) electrons. The molecule has 4 nitrogen and oxygen atoms in total. The maximum Gasteiger partial charge on any atom is 0.268 e. The van der Waals surface area contributed by atoms with Crippen molar-refractivity contribution in [3.63, 3.8) is 0 Å². The standard InChI is InChI=1S/C13H10BrN3O/c1-9-2-3-11(5-15)13(18)17(9)8-10-4-12(14)7-16-6-10/h2-4,6-7H,8H2,1H3. The molecule has 0 spiro atoms. The second kappa shape index (κ2) is 5.15. The second-order valence-corrected chi connectivity index (χ2v) is 4.82. The molecule has 0 aliphatic carbocycles. The van der Waals surface area contributed by atoms with Crippen LogP contribution in [0.5, 0.6) is 0 Å². The van der Waals surface area contributed by atoms with Crippen molar-refractivity contribution in [1.29, 1.82) is 5.26 Å². The van der Waals surface area contributed by atoms with E-state index in [1.165, 1.54) is 0 Å². The fraction of sp³-hybridized carbons (Fsp3) is 0.154. The van der Waals surface area contributed by atoms with E-state index in [0.717, 1.165) is 15.7 Å². The summed E-state index contributed by atoms with van der Waals surface area (Å²) in [6.45, 7) is 2.25. The van der Waals surface area contributed by atoms with Gasteiger partial charge in [-0.1, -0.05) is 0 Å². The van der Waals surface area contributed by atoms with Crippen molar-refractivity contribution >= 4 is 15.9 Å². The van der Waals surface area contributed by atoms with E-state index in [1.54, 1.807) is 29.1 Å². The topological polar surface area (TPSA) is 58.7 Å². The van der Waals surface area contributed by atoms with Gasteiger partial charge >= 0.3 is 0 Å². The summed E-state index contributed by atoms with van der Waals surface area (Å²) in [4.78, 5) is 16.1. The largest absolute Gasteiger partial charge is 0.307 e. The molecule has 0 aromatic carbocycles. The summed E-state index contributed by atoms with van der Waals surface area (Å²) in [5.41, 5.74) is 1.62. The number of aryl methyl sites for hydroxylation is 1. The van der Waals surface area contributed by atoms with Crippen molar-refractivity contribution in [3.8, 4) is 6.07 Å². The van der Waals surface area contributed by atoms with E-state index in [4.69, 9.17) is 5.26 Å². The summed E-state index contributed by atoms with van der Waals surface area (Å²) in [5, 5.41) is 8.86. The molecular formula is C13H10BrN3O. The van der Waals surface area contributed by atoms with Gasteiger partial charge in [0, 0.05) is 22.6 Å². The SMILES string of the molecule is Cc1ccc(C#N)c(=O)n1Cc1cncc(Br)c1. The van der Waals surface area contributed by atoms with E-state index in [-0.39, 0.29) is 11.1 Å². The van der Waals surface area contributed by atoms with Crippen LogP contribution in [0.25, 0.3) is 0 Å². The average Bonchev–Trinajstić information content (AvgIpc) is 2.35. The number of halogens is 1. The Labute approximate surface area is 113 Å². The highest BCUT2D eigenvalue weighted by atomic mass is 79.9. The minimum atomic E-state index is -0.266. The predicted molar refractivity (Wildman–Crippen MR) is 71.2 cm³/mol. The fourth-order valence-corrected chi connectivity index (χ4v) is 2.09. The molecule has 90 valence electrons. The third-order valence-electron chi connectivity index (χ3n) is 2.62. The Balaban J connectivity index is 2.47. The molecule has 0 unspecified atom stereocenters. The summed E-state index contributed by atoms with van der Waals surface area (Å²) in [6.07, 6.45) is 3.39. The highest BCUT2D eigenvalue weighted by Crippen LogP contribution is 2.11. The van der Waals surface area contributed by atoms with Crippen LogP contribution in [-0.4, -0.2) is 9.55 Å². The van der Waals surface area contributed by atoms with Crippen LogP contribution in [0.4, 0.5) is 0 Å². The van der Waals surface area contributed by atoms with E-state index in [1.807, 2.05) is 19.1 Å². The van der Waals surface area contributed by atoms with Gasteiger partial charge in [0.25, 0.3) is 5.56 Å². The Hall–Kier alpha value is -1.93. The highest BCUT2D eigenvalue weighted by molar-refractivity contribution is 9.10. The quantitative estimate of drug-likeness (QED) is 0.855. The van der Waals surface area contributed by atoms with E-state index in [0.29, 0.717) is 6.54 Å². The lowest BCUT2D eigenvalue weighted by atomic mass is 10.2. The Morgan fingerprint density at radius 1 is 1.44 bits per heavy atom. The van der Waals surface area contributed by atoms with Crippen molar-refractivity contribution in [2.45, 2.75) is 13.5 Å². The van der Waals surface area contributed by atoms with Crippen LogP contribution in [0, 0.1) is 18.3 Å². The monoisotopic (exact) mass is 303 g/mol. The summed E-state index contributed by atoms with van der Waals surface area (Å²) >= 11 is 3.34. The Kier molecular flexibility index (Phi) is 3.58. The van der Waals surface area contributed by atoms with Gasteiger partial charge in [0.1, 0.15) is 11.6 Å². The molecular weight excluding hydrogens is 294 g/mol. The van der Waals surface area contributed by atoms with E-state index < -0.39 is 0 Å². The second-order valence-electron chi connectivity index (χ2n) is 3.90. The van der Waals surface area contributed by atoms with Crippen LogP contribution < -0.4 is 5.56 Å². The first-order valence-electron chi connectivity index (χ1n) is 5.32. The van der Waals surface area contributed by atoms with Crippen molar-refractivity contribution in [2.24, 2.45) is 0 Å². The molecule has 0 aliphatic heterocycles. The van der Waals surface area contributed by atoms with Crippen molar-refractivity contribution in [1.82, 2.24) is 9.55 Å². The first-order valence-corrected chi connectivity index (χ1v) is 6.11. The number of nitrogens with zero attached hydrogens (tertiary/aromatic N) is 3. The molecule has 0 amide bonds. The van der Waals surface area contributed by atoms with Crippen LogP contribution in [0.15, 0.2) is 39.9 Å². The van der Waals surface area contributed by atoms with Gasteiger partial charge in [0.05, 0.1) is 6.54 Å². The molecule has 2 rings (SSSR count). The summed E-state index contributed by atoms with van der Waals surface area (Å²) < 4.78 is 2.43. The Bertz CT molecular complexity index is 685. The molecule has 0 aliphatic rings. The van der Waals surface area contributed by atoms with Crippen LogP contribution in [0.2, 0.25) is 0 Å². The van der Waals surface area contributed by atoms with Gasteiger partial charge < -0.3 is 4.57 Å². The molecule has 2 heterocycles. The van der Waals surface area contributed by atoms with Crippen molar-refractivity contribution < 1.29 is 0 Å². The smallest absolute Gasteiger partial charge is 0.268 e. The van der Waals surface area contributed by atoms with Gasteiger partial charge in [-0.25, -0.2) is 0 Å². The number of aromatic nitrogens is 2. The number of pyridine rings is 2. The van der Waals surface area contributed by atoms with E-state index in [2.05, 4.69) is 20.9 Å². The van der Waals surface area contributed by atoms with Crippen LogP contribution >= 0.6 is 15.9 Å². The first kappa shape index (κ1) is 12.5. The molecule has 2 aromatic rings. The number of nitriles is 1. The lowest BCUT2D eigenvalue weighted by Crippen LogP contribution is -2.24. The van der Waals surface area contributed by atoms with Gasteiger partial charge in [0.15, 0.2) is 0 Å². The Morgan fingerprint density at radius 2 is 2.22 bits per heavy atom. The highest BCUT2D eigenvalue weighted by Gasteiger charge is 2.06. The van der Waals surface area contributed by atoms with Crippen molar-refractivity contribution in [3.05, 3.63) is 62.2 Å². The third-order valence-corrected chi connectivity index (χ3v) is 3.05. The number of hydrogen-bond donors (Lipinski definition) is 0. The van der Waals surface area contributed by atoms with Gasteiger partial charge in [-0.05, 0) is 46.6 Å². The minimum absolute atomic E-state index is 0.156. The van der Waals surface area contributed by atoms with Crippen LogP contribution in [-0.2, 0) is 6.54 Å². The lowest BCUT2D eigenvalue weighted by Gasteiger charge is -2.10. The first-order chi connectivity index (χ1) is 8.61. The van der Waals surface area contributed by atoms with Gasteiger partial charge in [-0.3, -0.25) is 9.78 Å². The zero-order valence-corrected chi connectivity index (χ0v) is 11.3. The van der Waals surface area contributed by atoms with Gasteiger partial charge in [-0.2, -0.15) is 5.26 Å². The Morgan fingerprint density at radius 3 is 2.89 bits per heavy atom. The van der Waals surface area contributed by atoms with Gasteiger partial charge in [0.2, 0.25) is 0 Å². The van der Waals surface area contributed by atoms with Crippen molar-refractivity contribution in [2.75, 3.05) is 0 Å². The van der Waals surface area contributed by atoms with E-state index in [9.17, 15) is 4.79 Å². The molecule has 0 saturated carbocycles. The predicted octanol–water partition coefficient (Wildman–Crippen LogP) is 2.23. The molecule has 0 fully saturated rings. The molecule has 5 heteroatoms. The zero-order valence-electron chi connectivity index (χ0n) is 9.72. The molecule has 0 atom stereocenters. The molecule has 0 bridgehead atoms. The maximum atomic E-state index is 12.0. The van der Waals surface area contributed by atoms with Crippen LogP contribution in [0.1, 0.15) is 16.8 Å². The van der Waals surface area contributed by atoms with Crippen LogP contribution in [0.3, 0.4) is 0 Å². The summed E-state index contributed by atoms with van der Waals surface area (Å²) in [7, 11) is 0. The molecule has 18 heavy (non-hydrogen) atoms. The third kappa shape index (κ3) is 2.49. The fourth-order valence-electron chi connectivity index (χ4n) is 1.68. The molecule has 2 aromatic heterocycles. The van der Waals surface area contributed by atoms with E-state index >= 15 is 0 Å². The van der Waals surface area contributed by atoms with Gasteiger partial charge in [-0.15, -0.1) is 0 Å². The minimum Gasteiger partial charge on any atom is -0.307 e. The maximum absolute atomic E-state index is 12.0. The molecule has 0 saturated heterocycles.